The second-order valence-corrected chi connectivity index (χ2v) is 9.90. The molecule has 8 rings (SSSR count). The molecule has 0 saturated heterocycles. The van der Waals surface area contributed by atoms with Crippen LogP contribution >= 0.6 is 0 Å². The van der Waals surface area contributed by atoms with Crippen LogP contribution in [0.1, 0.15) is 11.4 Å². The van der Waals surface area contributed by atoms with E-state index in [9.17, 15) is 0 Å². The molecule has 5 aromatic heterocycles. The van der Waals surface area contributed by atoms with Crippen LogP contribution in [0.5, 0.6) is 0 Å². The first-order chi connectivity index (χ1) is 20.7. The molecule has 1 radical (unpaired) electrons. The minimum Gasteiger partial charge on any atom is -0.486 e. The van der Waals surface area contributed by atoms with E-state index in [1.807, 2.05) is 105 Å². The zero-order valence-electron chi connectivity index (χ0n) is 23.4. The van der Waals surface area contributed by atoms with Gasteiger partial charge in [-0.25, -0.2) is 9.97 Å². The van der Waals surface area contributed by atoms with Crippen molar-refractivity contribution in [3.05, 3.63) is 139 Å². The number of pyridine rings is 3. The van der Waals surface area contributed by atoms with Crippen molar-refractivity contribution in [2.24, 2.45) is 0 Å². The Morgan fingerprint density at radius 1 is 0.674 bits per heavy atom. The molecule has 3 aromatic carbocycles. The maximum atomic E-state index is 6.21. The molecule has 6 nitrogen and oxygen atoms in total. The number of aromatic nitrogens is 5. The molecule has 0 aliphatic rings. The Morgan fingerprint density at radius 3 is 2.26 bits per heavy atom. The molecular formula is C36H25IrN5O-2. The van der Waals surface area contributed by atoms with Crippen LogP contribution in [-0.4, -0.2) is 24.5 Å². The Hall–Kier alpha value is -4.97. The third-order valence-corrected chi connectivity index (χ3v) is 6.97. The van der Waals surface area contributed by atoms with Gasteiger partial charge in [-0.05, 0) is 62.0 Å². The van der Waals surface area contributed by atoms with E-state index in [4.69, 9.17) is 14.4 Å². The van der Waals surface area contributed by atoms with Crippen molar-refractivity contribution in [1.82, 2.24) is 24.5 Å². The topological polar surface area (TPSA) is 69.6 Å². The summed E-state index contributed by atoms with van der Waals surface area (Å²) in [7, 11) is 0. The first kappa shape index (κ1) is 28.2. The van der Waals surface area contributed by atoms with Gasteiger partial charge in [-0.3, -0.25) is 4.98 Å². The summed E-state index contributed by atoms with van der Waals surface area (Å²) in [5, 5.41) is 1.99. The molecule has 8 aromatic rings. The van der Waals surface area contributed by atoms with Gasteiger partial charge in [0.15, 0.2) is 5.65 Å². The Kier molecular flexibility index (Phi) is 7.92. The summed E-state index contributed by atoms with van der Waals surface area (Å²) in [5.41, 5.74) is 8.65. The molecule has 0 atom stereocenters. The number of hydrogen-bond acceptors (Lipinski definition) is 5. The number of aryl methyl sites for hydroxylation is 2. The first-order valence-electron chi connectivity index (χ1n) is 13.7. The predicted molar refractivity (Wildman–Crippen MR) is 166 cm³/mol. The fourth-order valence-electron chi connectivity index (χ4n) is 5.00. The van der Waals surface area contributed by atoms with Crippen LogP contribution in [0.4, 0.5) is 0 Å². The Morgan fingerprint density at radius 2 is 1.47 bits per heavy atom. The fraction of sp³-hybridized carbons (Fsp3) is 0.0556. The largest absolute Gasteiger partial charge is 0.486 e. The van der Waals surface area contributed by atoms with Crippen molar-refractivity contribution in [3.63, 3.8) is 0 Å². The second kappa shape index (κ2) is 12.1. The molecule has 0 spiro atoms. The molecule has 0 aliphatic heterocycles. The van der Waals surface area contributed by atoms with Gasteiger partial charge in [0.25, 0.3) is 0 Å². The van der Waals surface area contributed by atoms with Gasteiger partial charge in [-0.1, -0.05) is 41.3 Å². The van der Waals surface area contributed by atoms with Crippen molar-refractivity contribution in [2.75, 3.05) is 0 Å². The quantitative estimate of drug-likeness (QED) is 0.171. The van der Waals surface area contributed by atoms with Gasteiger partial charge >= 0.3 is 0 Å². The van der Waals surface area contributed by atoms with Crippen molar-refractivity contribution in [1.29, 1.82) is 0 Å². The molecule has 0 N–H and O–H groups in total. The summed E-state index contributed by atoms with van der Waals surface area (Å²) < 4.78 is 8.28. The summed E-state index contributed by atoms with van der Waals surface area (Å²) in [6.07, 6.45) is 1.79. The molecule has 0 aliphatic carbocycles. The molecule has 0 bridgehead atoms. The average molecular weight is 736 g/mol. The number of furan rings is 1. The van der Waals surface area contributed by atoms with E-state index in [2.05, 4.69) is 44.9 Å². The number of rotatable bonds is 3. The summed E-state index contributed by atoms with van der Waals surface area (Å²) >= 11 is 0. The summed E-state index contributed by atoms with van der Waals surface area (Å²) in [6.45, 7) is 3.95. The van der Waals surface area contributed by atoms with Gasteiger partial charge in [-0.15, -0.1) is 54.1 Å². The van der Waals surface area contributed by atoms with E-state index < -0.39 is 0 Å². The average Bonchev–Trinajstić information content (AvgIpc) is 3.60. The maximum absolute atomic E-state index is 6.21. The minimum absolute atomic E-state index is 0. The van der Waals surface area contributed by atoms with Gasteiger partial charge in [-0.2, -0.15) is 0 Å². The van der Waals surface area contributed by atoms with Crippen LogP contribution in [0.3, 0.4) is 0 Å². The number of fused-ring (bicyclic) bond motifs is 4. The number of hydrogen-bond donors (Lipinski definition) is 0. The molecule has 5 heterocycles. The van der Waals surface area contributed by atoms with Crippen molar-refractivity contribution >= 4 is 33.2 Å². The Labute approximate surface area is 262 Å². The SMILES string of the molecule is Cc1ccc2c(n1)oc1c(-c3nc4ccc(C)nc4n3-c3ccccc3)[c-]ccc12.[Ir].[c-]1ccccc1-c1ccccn1. The van der Waals surface area contributed by atoms with Crippen LogP contribution in [0.15, 0.2) is 120 Å². The minimum atomic E-state index is 0. The Balaban J connectivity index is 0.000000213. The molecule has 7 heteroatoms. The van der Waals surface area contributed by atoms with Crippen LogP contribution in [0.25, 0.3) is 61.6 Å². The Bertz CT molecular complexity index is 2120. The van der Waals surface area contributed by atoms with Crippen molar-refractivity contribution in [2.45, 2.75) is 13.8 Å². The van der Waals surface area contributed by atoms with Crippen molar-refractivity contribution in [3.8, 4) is 28.3 Å². The van der Waals surface area contributed by atoms with Gasteiger partial charge in [0.2, 0.25) is 5.71 Å². The van der Waals surface area contributed by atoms with Crippen LogP contribution in [-0.2, 0) is 20.1 Å². The standard InChI is InChI=1S/C25H17N4O.C11H8N.Ir/c1-15-12-14-21-24(26-15)29(17-7-4-3-5-8-17)23(28-21)20-10-6-9-18-19-13-11-16(2)27-25(19)30-22(18)20;1-2-6-10(7-3-1)11-8-4-5-9-12-11;/h3-9,11-14H,1-2H3;1-6,8-9H;/q2*-1;. The first-order valence-corrected chi connectivity index (χ1v) is 13.7. The number of nitrogens with zero attached hydrogens (tertiary/aromatic N) is 5. The summed E-state index contributed by atoms with van der Waals surface area (Å²) in [6, 6.07) is 42.3. The van der Waals surface area contributed by atoms with E-state index in [1.165, 1.54) is 0 Å². The van der Waals surface area contributed by atoms with Gasteiger partial charge < -0.3 is 14.0 Å². The number of para-hydroxylation sites is 1. The molecule has 0 fully saturated rings. The van der Waals surface area contributed by atoms with Gasteiger partial charge in [0.1, 0.15) is 0 Å². The van der Waals surface area contributed by atoms with E-state index >= 15 is 0 Å². The second-order valence-electron chi connectivity index (χ2n) is 9.90. The number of benzene rings is 3. The predicted octanol–water partition coefficient (Wildman–Crippen LogP) is 8.35. The monoisotopic (exact) mass is 736 g/mol. The third-order valence-electron chi connectivity index (χ3n) is 6.97. The zero-order chi connectivity index (χ0) is 28.5. The van der Waals surface area contributed by atoms with Crippen LogP contribution in [0.2, 0.25) is 0 Å². The smallest absolute Gasteiger partial charge is 0.216 e. The van der Waals surface area contributed by atoms with Crippen LogP contribution in [0, 0.1) is 26.0 Å². The molecular weight excluding hydrogens is 711 g/mol. The summed E-state index contributed by atoms with van der Waals surface area (Å²) in [4.78, 5) is 18.5. The van der Waals surface area contributed by atoms with Crippen LogP contribution < -0.4 is 0 Å². The zero-order valence-corrected chi connectivity index (χ0v) is 25.8. The fourth-order valence-corrected chi connectivity index (χ4v) is 5.00. The molecule has 43 heavy (non-hydrogen) atoms. The van der Waals surface area contributed by atoms with E-state index in [1.54, 1.807) is 6.20 Å². The normalized spacial score (nSPS) is 10.8. The molecule has 211 valence electrons. The van der Waals surface area contributed by atoms with E-state index in [-0.39, 0.29) is 20.1 Å². The van der Waals surface area contributed by atoms with Gasteiger partial charge in [0.05, 0.1) is 16.9 Å². The summed E-state index contributed by atoms with van der Waals surface area (Å²) in [5.74, 6) is 0.746. The third kappa shape index (κ3) is 5.48. The van der Waals surface area contributed by atoms with E-state index in [0.29, 0.717) is 5.71 Å². The van der Waals surface area contributed by atoms with Crippen molar-refractivity contribution < 1.29 is 24.5 Å². The molecule has 0 amide bonds. The molecule has 0 saturated carbocycles. The van der Waals surface area contributed by atoms with Gasteiger partial charge in [0, 0.05) is 48.8 Å². The van der Waals surface area contributed by atoms with E-state index in [0.717, 1.165) is 67.2 Å². The molecule has 0 unspecified atom stereocenters. The number of imidazole rings is 1. The maximum Gasteiger partial charge on any atom is 0.216 e.